The van der Waals surface area contributed by atoms with E-state index in [0.717, 1.165) is 16.7 Å². The Hall–Kier alpha value is -3.16. The van der Waals surface area contributed by atoms with Gasteiger partial charge < -0.3 is 14.8 Å². The highest BCUT2D eigenvalue weighted by atomic mass is 16.2. The third-order valence-corrected chi connectivity index (χ3v) is 5.03. The minimum Gasteiger partial charge on any atom is -0.350 e. The van der Waals surface area contributed by atoms with Crippen molar-refractivity contribution in [2.75, 3.05) is 13.6 Å². The van der Waals surface area contributed by atoms with Gasteiger partial charge in [0.05, 0.1) is 11.6 Å². The Morgan fingerprint density at radius 3 is 2.92 bits per heavy atom. The summed E-state index contributed by atoms with van der Waals surface area (Å²) in [5.41, 5.74) is 1.19. The first-order valence-electron chi connectivity index (χ1n) is 8.50. The van der Waals surface area contributed by atoms with Gasteiger partial charge in [0, 0.05) is 50.8 Å². The average Bonchev–Trinajstić information content (AvgIpc) is 3.31. The van der Waals surface area contributed by atoms with Crippen LogP contribution >= 0.6 is 0 Å². The molecule has 2 amide bonds. The molecule has 1 aliphatic heterocycles. The van der Waals surface area contributed by atoms with Gasteiger partial charge in [-0.15, -0.1) is 0 Å². The van der Waals surface area contributed by atoms with Crippen LogP contribution in [0, 0.1) is 5.92 Å². The lowest BCUT2D eigenvalue weighted by molar-refractivity contribution is -0.127. The standard InChI is InChI=1S/C18H20N6O2/c1-23-8-7-19-17(23)16-11(9-14(25)24(16)2)10-20-18(26)15-12-5-3-4-6-13(12)21-22-15/h3-8,11,16H,9-10H2,1-2H3,(H,20,26)(H,21,22)/t11-,16+/m0/s1. The van der Waals surface area contributed by atoms with Gasteiger partial charge in [0.2, 0.25) is 5.91 Å². The van der Waals surface area contributed by atoms with E-state index in [9.17, 15) is 9.59 Å². The van der Waals surface area contributed by atoms with Crippen LogP contribution in [0.25, 0.3) is 10.9 Å². The lowest BCUT2D eigenvalue weighted by Gasteiger charge is -2.24. The largest absolute Gasteiger partial charge is 0.350 e. The number of nitrogens with one attached hydrogen (secondary N) is 2. The Labute approximate surface area is 150 Å². The molecule has 8 nitrogen and oxygen atoms in total. The number of carbonyl (C=O) groups is 2. The van der Waals surface area contributed by atoms with E-state index in [2.05, 4.69) is 20.5 Å². The number of carbonyl (C=O) groups excluding carboxylic acids is 2. The first-order valence-corrected chi connectivity index (χ1v) is 8.50. The highest BCUT2D eigenvalue weighted by molar-refractivity contribution is 6.04. The van der Waals surface area contributed by atoms with Gasteiger partial charge in [-0.3, -0.25) is 14.7 Å². The molecule has 0 aliphatic carbocycles. The molecule has 26 heavy (non-hydrogen) atoms. The average molecular weight is 352 g/mol. The first kappa shape index (κ1) is 16.3. The molecule has 2 atom stereocenters. The Morgan fingerprint density at radius 1 is 1.35 bits per heavy atom. The van der Waals surface area contributed by atoms with E-state index >= 15 is 0 Å². The number of H-pyrrole nitrogens is 1. The number of nitrogens with zero attached hydrogens (tertiary/aromatic N) is 4. The Balaban J connectivity index is 1.52. The van der Waals surface area contributed by atoms with Gasteiger partial charge in [0.25, 0.3) is 5.91 Å². The molecule has 4 rings (SSSR count). The van der Waals surface area contributed by atoms with Gasteiger partial charge in [-0.25, -0.2) is 4.98 Å². The van der Waals surface area contributed by atoms with Crippen molar-refractivity contribution in [3.63, 3.8) is 0 Å². The van der Waals surface area contributed by atoms with Gasteiger partial charge in [0.1, 0.15) is 5.82 Å². The normalized spacial score (nSPS) is 20.1. The van der Waals surface area contributed by atoms with Gasteiger partial charge in [-0.05, 0) is 6.07 Å². The summed E-state index contributed by atoms with van der Waals surface area (Å²) < 4.78 is 1.91. The van der Waals surface area contributed by atoms with Crippen LogP contribution in [0.5, 0.6) is 0 Å². The van der Waals surface area contributed by atoms with Crippen molar-refractivity contribution in [3.05, 3.63) is 48.2 Å². The molecule has 0 saturated carbocycles. The van der Waals surface area contributed by atoms with Crippen LogP contribution in [0.15, 0.2) is 36.7 Å². The number of benzene rings is 1. The molecule has 2 N–H and O–H groups in total. The molecule has 2 aromatic heterocycles. The summed E-state index contributed by atoms with van der Waals surface area (Å²) in [6.07, 6.45) is 3.96. The third-order valence-electron chi connectivity index (χ3n) is 5.03. The molecule has 0 bridgehead atoms. The second kappa shape index (κ2) is 6.29. The summed E-state index contributed by atoms with van der Waals surface area (Å²) in [6.45, 7) is 0.383. The fourth-order valence-electron chi connectivity index (χ4n) is 3.63. The van der Waals surface area contributed by atoms with Crippen LogP contribution in [0.2, 0.25) is 0 Å². The summed E-state index contributed by atoms with van der Waals surface area (Å²) in [5, 5.41) is 10.7. The quantitative estimate of drug-likeness (QED) is 0.738. The topological polar surface area (TPSA) is 95.9 Å². The number of rotatable bonds is 4. The molecule has 134 valence electrons. The molecular weight excluding hydrogens is 332 g/mol. The Bertz CT molecular complexity index is 975. The number of aromatic nitrogens is 4. The SMILES string of the molecule is CN1C(=O)C[C@@H](CNC(=O)c2n[nH]c3ccccc23)[C@@H]1c1nccn1C. The number of aromatic amines is 1. The number of para-hydroxylation sites is 1. The van der Waals surface area contributed by atoms with E-state index < -0.39 is 0 Å². The number of likely N-dealkylation sites (tertiary alicyclic amines) is 1. The highest BCUT2D eigenvalue weighted by Crippen LogP contribution is 2.35. The van der Waals surface area contributed by atoms with Crippen molar-refractivity contribution in [3.8, 4) is 0 Å². The van der Waals surface area contributed by atoms with Crippen LogP contribution in [0.4, 0.5) is 0 Å². The zero-order valence-corrected chi connectivity index (χ0v) is 14.6. The number of aryl methyl sites for hydroxylation is 1. The summed E-state index contributed by atoms with van der Waals surface area (Å²) in [4.78, 5) is 30.9. The molecule has 0 unspecified atom stereocenters. The molecule has 3 heterocycles. The van der Waals surface area contributed by atoms with Crippen LogP contribution in [-0.2, 0) is 11.8 Å². The fraction of sp³-hybridized carbons (Fsp3) is 0.333. The van der Waals surface area contributed by atoms with E-state index in [4.69, 9.17) is 0 Å². The smallest absolute Gasteiger partial charge is 0.272 e. The summed E-state index contributed by atoms with van der Waals surface area (Å²) in [5.74, 6) is 0.594. The second-order valence-electron chi connectivity index (χ2n) is 6.64. The molecule has 0 radical (unpaired) electrons. The molecule has 8 heteroatoms. The van der Waals surface area contributed by atoms with E-state index in [-0.39, 0.29) is 23.8 Å². The molecule has 1 aliphatic rings. The Kier molecular flexibility index (Phi) is 3.95. The van der Waals surface area contributed by atoms with Crippen molar-refractivity contribution < 1.29 is 9.59 Å². The maximum atomic E-state index is 12.6. The van der Waals surface area contributed by atoms with E-state index in [1.807, 2.05) is 42.1 Å². The zero-order chi connectivity index (χ0) is 18.3. The number of imidazole rings is 1. The minimum atomic E-state index is -0.247. The Morgan fingerprint density at radius 2 is 2.15 bits per heavy atom. The van der Waals surface area contributed by atoms with E-state index in [1.165, 1.54) is 0 Å². The monoisotopic (exact) mass is 352 g/mol. The predicted molar refractivity (Wildman–Crippen MR) is 95.3 cm³/mol. The number of fused-ring (bicyclic) bond motifs is 1. The van der Waals surface area contributed by atoms with Crippen molar-refractivity contribution in [2.45, 2.75) is 12.5 Å². The summed E-state index contributed by atoms with van der Waals surface area (Å²) in [6, 6.07) is 7.34. The molecule has 1 aromatic carbocycles. The first-order chi connectivity index (χ1) is 12.6. The third kappa shape index (κ3) is 2.63. The van der Waals surface area contributed by atoms with E-state index in [1.54, 1.807) is 18.1 Å². The highest BCUT2D eigenvalue weighted by Gasteiger charge is 2.40. The van der Waals surface area contributed by atoms with Crippen molar-refractivity contribution in [1.29, 1.82) is 0 Å². The van der Waals surface area contributed by atoms with Crippen molar-refractivity contribution >= 4 is 22.7 Å². The number of amides is 2. The fourth-order valence-corrected chi connectivity index (χ4v) is 3.63. The second-order valence-corrected chi connectivity index (χ2v) is 6.64. The van der Waals surface area contributed by atoms with Gasteiger partial charge in [-0.1, -0.05) is 18.2 Å². The number of hydrogen-bond donors (Lipinski definition) is 2. The lowest BCUT2D eigenvalue weighted by Crippen LogP contribution is -2.33. The minimum absolute atomic E-state index is 0.0391. The van der Waals surface area contributed by atoms with Crippen molar-refractivity contribution in [2.24, 2.45) is 13.0 Å². The van der Waals surface area contributed by atoms with Crippen LogP contribution in [-0.4, -0.2) is 50.1 Å². The van der Waals surface area contributed by atoms with Gasteiger partial charge in [0.15, 0.2) is 5.69 Å². The molecule has 3 aromatic rings. The molecular formula is C18H20N6O2. The van der Waals surface area contributed by atoms with Gasteiger partial charge in [-0.2, -0.15) is 5.10 Å². The van der Waals surface area contributed by atoms with Crippen LogP contribution in [0.3, 0.4) is 0 Å². The van der Waals surface area contributed by atoms with Crippen LogP contribution < -0.4 is 5.32 Å². The van der Waals surface area contributed by atoms with Crippen LogP contribution in [0.1, 0.15) is 28.8 Å². The maximum Gasteiger partial charge on any atom is 0.272 e. The number of hydrogen-bond acceptors (Lipinski definition) is 4. The predicted octanol–water partition coefficient (Wildman–Crippen LogP) is 1.25. The molecule has 1 saturated heterocycles. The summed E-state index contributed by atoms with van der Waals surface area (Å²) >= 11 is 0. The maximum absolute atomic E-state index is 12.6. The molecule has 0 spiro atoms. The van der Waals surface area contributed by atoms with Gasteiger partial charge >= 0.3 is 0 Å². The van der Waals surface area contributed by atoms with E-state index in [0.29, 0.717) is 18.7 Å². The molecule has 1 fully saturated rings. The summed E-state index contributed by atoms with van der Waals surface area (Å²) in [7, 11) is 3.69. The lowest BCUT2D eigenvalue weighted by atomic mass is 9.99. The van der Waals surface area contributed by atoms with Crippen molar-refractivity contribution in [1.82, 2.24) is 30.0 Å². The zero-order valence-electron chi connectivity index (χ0n) is 14.6.